The number of hydrogen-bond acceptors (Lipinski definition) is 5. The van der Waals surface area contributed by atoms with Crippen LogP contribution in [0, 0.1) is 13.8 Å². The van der Waals surface area contributed by atoms with Crippen LogP contribution in [-0.4, -0.2) is 29.6 Å². The van der Waals surface area contributed by atoms with Gasteiger partial charge in [-0.3, -0.25) is 14.9 Å². The molecule has 31 heavy (non-hydrogen) atoms. The van der Waals surface area contributed by atoms with Crippen molar-refractivity contribution in [1.29, 1.82) is 0 Å². The molecule has 0 unspecified atom stereocenters. The summed E-state index contributed by atoms with van der Waals surface area (Å²) < 4.78 is 5.48. The molecule has 0 aliphatic carbocycles. The van der Waals surface area contributed by atoms with E-state index in [1.54, 1.807) is 31.2 Å². The lowest BCUT2D eigenvalue weighted by molar-refractivity contribution is -0.122. The molecule has 1 fully saturated rings. The first-order chi connectivity index (χ1) is 14.7. The SMILES string of the molecule is C=CCc1cc(/C=C2\C(=O)NC(=O)N(c3cc(C)cc(C)c3)C2=O)cc(OCC)c1O. The molecule has 2 aromatic carbocycles. The quantitative estimate of drug-likeness (QED) is 0.421. The third kappa shape index (κ3) is 4.50. The van der Waals surface area contributed by atoms with E-state index in [0.29, 0.717) is 29.8 Å². The minimum atomic E-state index is -0.801. The molecule has 2 N–H and O–H groups in total. The topological polar surface area (TPSA) is 95.9 Å². The number of amides is 4. The summed E-state index contributed by atoms with van der Waals surface area (Å²) in [5.41, 5.74) is 2.96. The second-order valence-electron chi connectivity index (χ2n) is 7.26. The number of nitrogens with zero attached hydrogens (tertiary/aromatic N) is 1. The van der Waals surface area contributed by atoms with E-state index < -0.39 is 17.8 Å². The molecule has 7 nitrogen and oxygen atoms in total. The molecular formula is C24H24N2O5. The maximum Gasteiger partial charge on any atom is 0.335 e. The Balaban J connectivity index is 2.08. The molecule has 1 heterocycles. The number of ether oxygens (including phenoxy) is 1. The zero-order chi connectivity index (χ0) is 22.7. The number of benzene rings is 2. The van der Waals surface area contributed by atoms with Crippen molar-refractivity contribution in [2.24, 2.45) is 0 Å². The Kier molecular flexibility index (Phi) is 6.25. The van der Waals surface area contributed by atoms with Crippen LogP contribution in [-0.2, 0) is 16.0 Å². The van der Waals surface area contributed by atoms with Crippen molar-refractivity contribution in [2.45, 2.75) is 27.2 Å². The van der Waals surface area contributed by atoms with E-state index in [1.807, 2.05) is 19.9 Å². The van der Waals surface area contributed by atoms with Crippen LogP contribution in [0.15, 0.2) is 48.6 Å². The van der Waals surface area contributed by atoms with Gasteiger partial charge in [0, 0.05) is 5.56 Å². The number of aromatic hydroxyl groups is 1. The van der Waals surface area contributed by atoms with E-state index >= 15 is 0 Å². The number of aryl methyl sites for hydroxylation is 2. The number of urea groups is 1. The highest BCUT2D eigenvalue weighted by atomic mass is 16.5. The Morgan fingerprint density at radius 1 is 1.10 bits per heavy atom. The van der Waals surface area contributed by atoms with E-state index in [4.69, 9.17) is 4.74 Å². The first kappa shape index (κ1) is 21.8. The van der Waals surface area contributed by atoms with Gasteiger partial charge >= 0.3 is 6.03 Å². The lowest BCUT2D eigenvalue weighted by Crippen LogP contribution is -2.54. The van der Waals surface area contributed by atoms with Gasteiger partial charge in [0.2, 0.25) is 0 Å². The predicted molar refractivity (Wildman–Crippen MR) is 118 cm³/mol. The van der Waals surface area contributed by atoms with Gasteiger partial charge in [-0.15, -0.1) is 6.58 Å². The van der Waals surface area contributed by atoms with Crippen molar-refractivity contribution < 1.29 is 24.2 Å². The van der Waals surface area contributed by atoms with E-state index in [1.165, 1.54) is 12.1 Å². The monoisotopic (exact) mass is 420 g/mol. The summed E-state index contributed by atoms with van der Waals surface area (Å²) in [4.78, 5) is 39.0. The van der Waals surface area contributed by atoms with Crippen LogP contribution in [0.1, 0.15) is 29.2 Å². The highest BCUT2D eigenvalue weighted by Crippen LogP contribution is 2.33. The largest absolute Gasteiger partial charge is 0.504 e. The molecule has 0 spiro atoms. The highest BCUT2D eigenvalue weighted by Gasteiger charge is 2.37. The van der Waals surface area contributed by atoms with E-state index in [9.17, 15) is 19.5 Å². The highest BCUT2D eigenvalue weighted by molar-refractivity contribution is 6.39. The Bertz CT molecular complexity index is 1100. The molecule has 0 atom stereocenters. The van der Waals surface area contributed by atoms with Crippen molar-refractivity contribution in [3.8, 4) is 11.5 Å². The number of barbiturate groups is 1. The van der Waals surface area contributed by atoms with Gasteiger partial charge in [-0.2, -0.15) is 0 Å². The molecule has 4 amide bonds. The summed E-state index contributed by atoms with van der Waals surface area (Å²) in [5, 5.41) is 12.6. The number of carbonyl (C=O) groups is 3. The number of nitrogens with one attached hydrogen (secondary N) is 1. The number of rotatable bonds is 6. The standard InChI is InChI=1S/C24H24N2O5/c1-5-7-17-11-16(13-20(21(17)27)31-6-2)12-19-22(28)25-24(30)26(23(19)29)18-9-14(3)8-15(4)10-18/h5,8-13,27H,1,6-7H2,2-4H3,(H,25,28,30)/b19-12+. The molecule has 1 saturated heterocycles. The molecule has 0 saturated carbocycles. The molecule has 0 bridgehead atoms. The maximum absolute atomic E-state index is 13.1. The molecule has 2 aromatic rings. The second kappa shape index (κ2) is 8.87. The van der Waals surface area contributed by atoms with Crippen LogP contribution in [0.4, 0.5) is 10.5 Å². The average molecular weight is 420 g/mol. The van der Waals surface area contributed by atoms with Crippen molar-refractivity contribution in [1.82, 2.24) is 5.32 Å². The Morgan fingerprint density at radius 3 is 2.39 bits per heavy atom. The fourth-order valence-electron chi connectivity index (χ4n) is 3.49. The van der Waals surface area contributed by atoms with E-state index in [2.05, 4.69) is 11.9 Å². The van der Waals surface area contributed by atoms with Gasteiger partial charge in [-0.1, -0.05) is 12.1 Å². The molecule has 1 aliphatic rings. The van der Waals surface area contributed by atoms with Crippen LogP contribution in [0.5, 0.6) is 11.5 Å². The Labute approximate surface area is 180 Å². The molecule has 160 valence electrons. The van der Waals surface area contributed by atoms with Crippen LogP contribution in [0.3, 0.4) is 0 Å². The smallest absolute Gasteiger partial charge is 0.335 e. The lowest BCUT2D eigenvalue weighted by Gasteiger charge is -2.27. The van der Waals surface area contributed by atoms with Crippen LogP contribution in [0.2, 0.25) is 0 Å². The van der Waals surface area contributed by atoms with Gasteiger partial charge in [0.15, 0.2) is 11.5 Å². The van der Waals surface area contributed by atoms with Crippen LogP contribution < -0.4 is 15.0 Å². The third-order valence-electron chi connectivity index (χ3n) is 4.72. The van der Waals surface area contributed by atoms with E-state index in [0.717, 1.165) is 16.0 Å². The number of phenols is 1. The van der Waals surface area contributed by atoms with Gasteiger partial charge in [0.05, 0.1) is 12.3 Å². The maximum atomic E-state index is 13.1. The molecule has 1 aliphatic heterocycles. The molecule has 0 aromatic heterocycles. The van der Waals surface area contributed by atoms with Crippen molar-refractivity contribution in [3.63, 3.8) is 0 Å². The van der Waals surface area contributed by atoms with E-state index in [-0.39, 0.29) is 17.1 Å². The summed E-state index contributed by atoms with van der Waals surface area (Å²) >= 11 is 0. The van der Waals surface area contributed by atoms with Crippen molar-refractivity contribution in [3.05, 3.63) is 70.8 Å². The van der Waals surface area contributed by atoms with Gasteiger partial charge in [-0.25, -0.2) is 9.69 Å². The van der Waals surface area contributed by atoms with Crippen LogP contribution >= 0.6 is 0 Å². The minimum Gasteiger partial charge on any atom is -0.504 e. The zero-order valence-electron chi connectivity index (χ0n) is 17.7. The molecule has 3 rings (SSSR count). The Morgan fingerprint density at radius 2 is 1.77 bits per heavy atom. The van der Waals surface area contributed by atoms with Gasteiger partial charge in [0.25, 0.3) is 11.8 Å². The van der Waals surface area contributed by atoms with Gasteiger partial charge < -0.3 is 9.84 Å². The average Bonchev–Trinajstić information content (AvgIpc) is 2.68. The first-order valence-electron chi connectivity index (χ1n) is 9.84. The second-order valence-corrected chi connectivity index (χ2v) is 7.26. The minimum absolute atomic E-state index is 0.0182. The Hall–Kier alpha value is -3.87. The third-order valence-corrected chi connectivity index (χ3v) is 4.72. The fraction of sp³-hybridized carbons (Fsp3) is 0.208. The number of anilines is 1. The van der Waals surface area contributed by atoms with Crippen molar-refractivity contribution in [2.75, 3.05) is 11.5 Å². The number of phenolic OH excluding ortho intramolecular Hbond substituents is 1. The predicted octanol–water partition coefficient (Wildman–Crippen LogP) is 3.80. The summed E-state index contributed by atoms with van der Waals surface area (Å²) in [5.74, 6) is -1.29. The summed E-state index contributed by atoms with van der Waals surface area (Å²) in [6.07, 6.45) is 3.38. The molecule has 7 heteroatoms. The molecule has 0 radical (unpaired) electrons. The summed E-state index contributed by atoms with van der Waals surface area (Å²) in [6.45, 7) is 9.51. The van der Waals surface area contributed by atoms with Gasteiger partial charge in [-0.05, 0) is 74.2 Å². The zero-order valence-corrected chi connectivity index (χ0v) is 17.7. The van der Waals surface area contributed by atoms with Gasteiger partial charge in [0.1, 0.15) is 5.57 Å². The number of imide groups is 2. The number of hydrogen-bond donors (Lipinski definition) is 2. The molecular weight excluding hydrogens is 396 g/mol. The number of allylic oxidation sites excluding steroid dienone is 1. The lowest BCUT2D eigenvalue weighted by atomic mass is 10.0. The fourth-order valence-corrected chi connectivity index (χ4v) is 3.49. The summed E-state index contributed by atoms with van der Waals surface area (Å²) in [6, 6.07) is 7.71. The van der Waals surface area contributed by atoms with Crippen LogP contribution in [0.25, 0.3) is 6.08 Å². The first-order valence-corrected chi connectivity index (χ1v) is 9.84. The summed E-state index contributed by atoms with van der Waals surface area (Å²) in [7, 11) is 0. The normalized spacial score (nSPS) is 15.3. The van der Waals surface area contributed by atoms with Crippen molar-refractivity contribution >= 4 is 29.6 Å². The number of carbonyl (C=O) groups excluding carboxylic acids is 3.